The second kappa shape index (κ2) is 6.05. The molecule has 10 heteroatoms. The molecule has 3 aliphatic carbocycles. The summed E-state index contributed by atoms with van der Waals surface area (Å²) in [4.78, 5) is 17.5. The number of benzene rings is 1. The zero-order valence-corrected chi connectivity index (χ0v) is 19.2. The summed E-state index contributed by atoms with van der Waals surface area (Å²) in [5.41, 5.74) is 1.12. The highest BCUT2D eigenvalue weighted by Crippen LogP contribution is 2.68. The van der Waals surface area contributed by atoms with Crippen molar-refractivity contribution in [3.8, 4) is 0 Å². The van der Waals surface area contributed by atoms with Crippen LogP contribution in [-0.2, 0) is 20.0 Å². The number of nitrogens with zero attached hydrogens (tertiary/aromatic N) is 3. The Labute approximate surface area is 183 Å². The molecule has 2 bridgehead atoms. The van der Waals surface area contributed by atoms with E-state index in [0.717, 1.165) is 34.5 Å². The molecule has 0 atom stereocenters. The highest BCUT2D eigenvalue weighted by molar-refractivity contribution is 7.91. The van der Waals surface area contributed by atoms with Gasteiger partial charge in [0.25, 0.3) is 0 Å². The molecular weight excluding hydrogens is 444 g/mol. The number of hydrogen-bond acceptors (Lipinski definition) is 6. The van der Waals surface area contributed by atoms with Crippen LogP contribution in [0.2, 0.25) is 5.02 Å². The van der Waals surface area contributed by atoms with E-state index in [1.54, 1.807) is 31.3 Å². The fraction of sp³-hybridized carbons (Fsp3) is 0.450. The Kier molecular flexibility index (Phi) is 4.02. The van der Waals surface area contributed by atoms with Gasteiger partial charge in [0.2, 0.25) is 0 Å². The van der Waals surface area contributed by atoms with Gasteiger partial charge in [0, 0.05) is 28.4 Å². The molecule has 1 amide bonds. The van der Waals surface area contributed by atoms with Gasteiger partial charge in [0.1, 0.15) is 9.75 Å². The molecule has 0 saturated heterocycles. The van der Waals surface area contributed by atoms with E-state index < -0.39 is 14.6 Å². The Morgan fingerprint density at radius 2 is 1.97 bits per heavy atom. The number of aromatic nitrogens is 3. The molecule has 0 unspecified atom stereocenters. The van der Waals surface area contributed by atoms with E-state index in [1.807, 2.05) is 18.2 Å². The van der Waals surface area contributed by atoms with Crippen LogP contribution < -0.4 is 5.32 Å². The van der Waals surface area contributed by atoms with Gasteiger partial charge in [-0.1, -0.05) is 11.6 Å². The summed E-state index contributed by atoms with van der Waals surface area (Å²) in [6.07, 6.45) is 5.23. The molecular formula is C20H21ClN4O3S2. The average molecular weight is 465 g/mol. The van der Waals surface area contributed by atoms with Gasteiger partial charge in [-0.2, -0.15) is 9.78 Å². The van der Waals surface area contributed by atoms with Gasteiger partial charge in [0.15, 0.2) is 9.84 Å². The highest BCUT2D eigenvalue weighted by atomic mass is 35.5. The maximum absolute atomic E-state index is 12.7. The maximum Gasteiger partial charge on any atom is 0.342 e. The number of rotatable bonds is 4. The smallest absolute Gasteiger partial charge is 0.331 e. The predicted molar refractivity (Wildman–Crippen MR) is 117 cm³/mol. The summed E-state index contributed by atoms with van der Waals surface area (Å²) >= 11 is 7.75. The third-order valence-corrected chi connectivity index (χ3v) is 10.1. The second-order valence-electron chi connectivity index (χ2n) is 9.08. The van der Waals surface area contributed by atoms with Gasteiger partial charge in [-0.25, -0.2) is 18.2 Å². The lowest BCUT2D eigenvalue weighted by atomic mass is 9.39. The zero-order valence-electron chi connectivity index (χ0n) is 16.8. The molecule has 7 nitrogen and oxygen atoms in total. The third kappa shape index (κ3) is 2.82. The van der Waals surface area contributed by atoms with Crippen LogP contribution in [0.3, 0.4) is 0 Å². The zero-order chi connectivity index (χ0) is 21.5. The minimum Gasteiger partial charge on any atom is -0.331 e. The Morgan fingerprint density at radius 1 is 1.27 bits per heavy atom. The van der Waals surface area contributed by atoms with Crippen molar-refractivity contribution in [2.24, 2.45) is 0 Å². The van der Waals surface area contributed by atoms with Crippen molar-refractivity contribution < 1.29 is 13.2 Å². The average Bonchev–Trinajstić information content (AvgIpc) is 3.22. The Morgan fingerprint density at radius 3 is 2.63 bits per heavy atom. The molecule has 6 rings (SSSR count). The molecule has 3 fully saturated rings. The molecule has 0 aliphatic heterocycles. The normalized spacial score (nSPS) is 25.6. The van der Waals surface area contributed by atoms with Crippen LogP contribution >= 0.6 is 22.9 Å². The Bertz CT molecular complexity index is 1290. The number of halogens is 1. The third-order valence-electron chi connectivity index (χ3n) is 6.55. The van der Waals surface area contributed by atoms with E-state index in [4.69, 9.17) is 16.6 Å². The van der Waals surface area contributed by atoms with Crippen LogP contribution in [0.5, 0.6) is 0 Å². The van der Waals surface area contributed by atoms with Gasteiger partial charge >= 0.3 is 6.03 Å². The standard InChI is InChI=1S/C20H21ClN4O3S2/c1-18(2,30(3,27)28)15-6-7-25(24-15)17(26)23-20-9-19(10-20,11-20)16-22-13-5-4-12(21)8-14(13)29-16/h4-8H,9-11H2,1-3H3,(H,23,26). The van der Waals surface area contributed by atoms with Crippen molar-refractivity contribution in [3.63, 3.8) is 0 Å². The molecule has 2 heterocycles. The molecule has 158 valence electrons. The van der Waals surface area contributed by atoms with E-state index in [2.05, 4.69) is 10.4 Å². The van der Waals surface area contributed by atoms with Crippen molar-refractivity contribution >= 4 is 49.0 Å². The van der Waals surface area contributed by atoms with Crippen LogP contribution in [0.15, 0.2) is 30.5 Å². The lowest BCUT2D eigenvalue weighted by Crippen LogP contribution is -2.77. The maximum atomic E-state index is 12.7. The van der Waals surface area contributed by atoms with Crippen LogP contribution in [0.1, 0.15) is 43.8 Å². The SMILES string of the molecule is CC(C)(c1ccn(C(=O)NC23CC(c4nc5ccc(Cl)cc5s4)(C2)C3)n1)S(C)(=O)=O. The number of nitrogens with one attached hydrogen (secondary N) is 1. The van der Waals surface area contributed by atoms with Gasteiger partial charge in [0.05, 0.1) is 15.9 Å². The molecule has 1 N–H and O–H groups in total. The van der Waals surface area contributed by atoms with Crippen LogP contribution in [0.25, 0.3) is 10.2 Å². The second-order valence-corrected chi connectivity index (χ2v) is 13.1. The largest absolute Gasteiger partial charge is 0.342 e. The molecule has 3 aromatic rings. The monoisotopic (exact) mass is 464 g/mol. The minimum atomic E-state index is -3.36. The van der Waals surface area contributed by atoms with E-state index in [-0.39, 0.29) is 17.0 Å². The Balaban J connectivity index is 1.28. The summed E-state index contributed by atoms with van der Waals surface area (Å²) in [6.45, 7) is 3.17. The fourth-order valence-corrected chi connectivity index (χ4v) is 6.42. The van der Waals surface area contributed by atoms with Gasteiger partial charge in [-0.3, -0.25) is 0 Å². The first kappa shape index (κ1) is 20.0. The first-order valence-corrected chi connectivity index (χ1v) is 12.7. The number of fused-ring (bicyclic) bond motifs is 1. The summed E-state index contributed by atoms with van der Waals surface area (Å²) in [6, 6.07) is 6.97. The first-order chi connectivity index (χ1) is 13.9. The number of carbonyl (C=O) groups is 1. The van der Waals surface area contributed by atoms with Crippen molar-refractivity contribution in [1.29, 1.82) is 0 Å². The molecule has 0 radical (unpaired) electrons. The van der Waals surface area contributed by atoms with Crippen molar-refractivity contribution in [2.45, 2.75) is 48.8 Å². The lowest BCUT2D eigenvalue weighted by Gasteiger charge is -2.69. The number of sulfone groups is 1. The Hall–Kier alpha value is -1.97. The topological polar surface area (TPSA) is 93.9 Å². The fourth-order valence-electron chi connectivity index (χ4n) is 4.50. The molecule has 0 spiro atoms. The summed E-state index contributed by atoms with van der Waals surface area (Å²) in [7, 11) is -3.36. The van der Waals surface area contributed by atoms with E-state index in [1.165, 1.54) is 17.1 Å². The van der Waals surface area contributed by atoms with Crippen LogP contribution in [0, 0.1) is 0 Å². The molecule has 2 aromatic heterocycles. The summed E-state index contributed by atoms with van der Waals surface area (Å²) in [5.74, 6) is 0. The lowest BCUT2D eigenvalue weighted by molar-refractivity contribution is -0.0788. The van der Waals surface area contributed by atoms with E-state index in [0.29, 0.717) is 10.7 Å². The number of thiazole rings is 1. The number of amides is 1. The molecule has 3 aliphatic rings. The van der Waals surface area contributed by atoms with Crippen LogP contribution in [-0.4, -0.2) is 41.0 Å². The molecule has 3 saturated carbocycles. The summed E-state index contributed by atoms with van der Waals surface area (Å²) < 4.78 is 25.1. The predicted octanol–water partition coefficient (Wildman–Crippen LogP) is 3.86. The minimum absolute atomic E-state index is 0.0387. The van der Waals surface area contributed by atoms with Gasteiger partial charge < -0.3 is 5.32 Å². The highest BCUT2D eigenvalue weighted by Gasteiger charge is 2.70. The number of carbonyl (C=O) groups excluding carboxylic acids is 1. The van der Waals surface area contributed by atoms with Gasteiger partial charge in [-0.05, 0) is 57.4 Å². The van der Waals surface area contributed by atoms with Crippen LogP contribution in [0.4, 0.5) is 4.79 Å². The molecule has 1 aromatic carbocycles. The number of hydrogen-bond donors (Lipinski definition) is 1. The van der Waals surface area contributed by atoms with Crippen molar-refractivity contribution in [3.05, 3.63) is 46.2 Å². The quantitative estimate of drug-likeness (QED) is 0.632. The van der Waals surface area contributed by atoms with Gasteiger partial charge in [-0.15, -0.1) is 11.3 Å². The van der Waals surface area contributed by atoms with E-state index in [9.17, 15) is 13.2 Å². The van der Waals surface area contributed by atoms with Crippen molar-refractivity contribution in [2.75, 3.05) is 6.26 Å². The summed E-state index contributed by atoms with van der Waals surface area (Å²) in [5, 5.41) is 9.12. The van der Waals surface area contributed by atoms with E-state index >= 15 is 0 Å². The molecule has 30 heavy (non-hydrogen) atoms. The first-order valence-electron chi connectivity index (χ1n) is 9.58. The van der Waals surface area contributed by atoms with Crippen molar-refractivity contribution in [1.82, 2.24) is 20.1 Å².